The first-order valence-electron chi connectivity index (χ1n) is 3.38. The number of rotatable bonds is 7. The fourth-order valence-corrected chi connectivity index (χ4v) is 0.428. The second kappa shape index (κ2) is 8.62. The fraction of sp³-hybridized carbons (Fsp3) is 0.714. The van der Waals surface area contributed by atoms with E-state index in [4.69, 9.17) is 9.99 Å². The van der Waals surface area contributed by atoms with Gasteiger partial charge in [0, 0.05) is 6.61 Å². The molecule has 10 heavy (non-hydrogen) atoms. The van der Waals surface area contributed by atoms with Gasteiger partial charge in [-0.3, -0.25) is 0 Å². The van der Waals surface area contributed by atoms with Crippen molar-refractivity contribution in [2.45, 2.75) is 12.8 Å². The van der Waals surface area contributed by atoms with Crippen LogP contribution in [0.2, 0.25) is 0 Å². The minimum Gasteiger partial charge on any atom is -0.396 e. The molecule has 3 heteroatoms. The summed E-state index contributed by atoms with van der Waals surface area (Å²) in [6.45, 7) is 4.61. The summed E-state index contributed by atoms with van der Waals surface area (Å²) in [4.78, 5) is 9.32. The van der Waals surface area contributed by atoms with E-state index < -0.39 is 0 Å². The third kappa shape index (κ3) is 7.62. The Morgan fingerprint density at radius 3 is 2.70 bits per heavy atom. The van der Waals surface area contributed by atoms with Gasteiger partial charge in [-0.05, 0) is 12.8 Å². The van der Waals surface area contributed by atoms with E-state index in [1.807, 2.05) is 0 Å². The summed E-state index contributed by atoms with van der Waals surface area (Å²) in [7, 11) is 0. The summed E-state index contributed by atoms with van der Waals surface area (Å²) in [5.41, 5.74) is 0. The summed E-state index contributed by atoms with van der Waals surface area (Å²) in [5.74, 6) is 0. The Kier molecular flexibility index (Phi) is 8.29. The van der Waals surface area contributed by atoms with Crippen molar-refractivity contribution >= 4 is 0 Å². The van der Waals surface area contributed by atoms with E-state index in [0.717, 1.165) is 12.8 Å². The average molecular weight is 146 g/mol. The third-order valence-corrected chi connectivity index (χ3v) is 0.905. The van der Waals surface area contributed by atoms with Crippen LogP contribution in [0.5, 0.6) is 0 Å². The van der Waals surface area contributed by atoms with Gasteiger partial charge in [0.05, 0.1) is 6.61 Å². The van der Waals surface area contributed by atoms with Crippen LogP contribution in [0.15, 0.2) is 12.7 Å². The van der Waals surface area contributed by atoms with E-state index in [2.05, 4.69) is 11.5 Å². The second-order valence-electron chi connectivity index (χ2n) is 1.83. The van der Waals surface area contributed by atoms with E-state index in [1.165, 1.54) is 0 Å². The Hall–Kier alpha value is -0.380. The molecular weight excluding hydrogens is 132 g/mol. The number of aliphatic hydroxyl groups is 1. The van der Waals surface area contributed by atoms with Crippen LogP contribution in [0, 0.1) is 0 Å². The molecule has 0 spiro atoms. The molecule has 0 aromatic carbocycles. The normalized spacial score (nSPS) is 9.70. The van der Waals surface area contributed by atoms with Gasteiger partial charge in [-0.2, -0.15) is 0 Å². The molecule has 0 rings (SSSR count). The van der Waals surface area contributed by atoms with E-state index in [-0.39, 0.29) is 6.61 Å². The molecule has 0 aromatic heterocycles. The number of unbranched alkanes of at least 4 members (excludes halogenated alkanes) is 1. The van der Waals surface area contributed by atoms with Crippen LogP contribution in [0.3, 0.4) is 0 Å². The van der Waals surface area contributed by atoms with Gasteiger partial charge in [0.15, 0.2) is 0 Å². The van der Waals surface area contributed by atoms with Crippen molar-refractivity contribution in [2.24, 2.45) is 0 Å². The number of hydrogen-bond acceptors (Lipinski definition) is 3. The van der Waals surface area contributed by atoms with Gasteiger partial charge < -0.3 is 5.11 Å². The zero-order valence-corrected chi connectivity index (χ0v) is 6.08. The lowest BCUT2D eigenvalue weighted by Crippen LogP contribution is -1.97. The highest BCUT2D eigenvalue weighted by Gasteiger charge is 1.86. The Morgan fingerprint density at radius 2 is 2.10 bits per heavy atom. The molecular formula is C7H14O3. The van der Waals surface area contributed by atoms with Crippen LogP contribution in [-0.2, 0) is 9.78 Å². The maximum absolute atomic E-state index is 8.36. The van der Waals surface area contributed by atoms with Crippen molar-refractivity contribution in [3.05, 3.63) is 12.7 Å². The zero-order chi connectivity index (χ0) is 7.66. The van der Waals surface area contributed by atoms with Gasteiger partial charge in [-0.15, -0.1) is 6.58 Å². The SMILES string of the molecule is C=CCOOCCCCO. The first kappa shape index (κ1) is 9.62. The van der Waals surface area contributed by atoms with Gasteiger partial charge in [0.25, 0.3) is 0 Å². The maximum Gasteiger partial charge on any atom is 0.100 e. The summed E-state index contributed by atoms with van der Waals surface area (Å²) >= 11 is 0. The highest BCUT2D eigenvalue weighted by atomic mass is 17.2. The lowest BCUT2D eigenvalue weighted by Gasteiger charge is -1.99. The minimum atomic E-state index is 0.213. The molecule has 0 saturated carbocycles. The molecule has 0 aliphatic carbocycles. The van der Waals surface area contributed by atoms with Gasteiger partial charge in [0.2, 0.25) is 0 Å². The second-order valence-corrected chi connectivity index (χ2v) is 1.83. The Labute approximate surface area is 61.2 Å². The summed E-state index contributed by atoms with van der Waals surface area (Å²) in [6.07, 6.45) is 3.21. The van der Waals surface area contributed by atoms with Crippen LogP contribution in [-0.4, -0.2) is 24.9 Å². The largest absolute Gasteiger partial charge is 0.396 e. The van der Waals surface area contributed by atoms with E-state index in [1.54, 1.807) is 6.08 Å². The summed E-state index contributed by atoms with van der Waals surface area (Å²) in [6, 6.07) is 0. The summed E-state index contributed by atoms with van der Waals surface area (Å²) in [5, 5.41) is 8.36. The Bertz CT molecular complexity index is 73.3. The van der Waals surface area contributed by atoms with Crippen LogP contribution < -0.4 is 0 Å². The number of hydrogen-bond donors (Lipinski definition) is 1. The first-order chi connectivity index (χ1) is 4.91. The molecule has 0 radical (unpaired) electrons. The predicted octanol–water partition coefficient (Wildman–Crippen LogP) is 0.893. The van der Waals surface area contributed by atoms with Crippen LogP contribution in [0.4, 0.5) is 0 Å². The van der Waals surface area contributed by atoms with Crippen LogP contribution >= 0.6 is 0 Å². The molecule has 0 aliphatic rings. The lowest BCUT2D eigenvalue weighted by molar-refractivity contribution is -0.286. The van der Waals surface area contributed by atoms with Crippen LogP contribution in [0.25, 0.3) is 0 Å². The molecule has 0 saturated heterocycles. The quantitative estimate of drug-likeness (QED) is 0.251. The topological polar surface area (TPSA) is 38.7 Å². The van der Waals surface area contributed by atoms with Crippen LogP contribution in [0.1, 0.15) is 12.8 Å². The lowest BCUT2D eigenvalue weighted by atomic mass is 10.3. The summed E-state index contributed by atoms with van der Waals surface area (Å²) < 4.78 is 0. The monoisotopic (exact) mass is 146 g/mol. The van der Waals surface area contributed by atoms with Crippen molar-refractivity contribution in [1.29, 1.82) is 0 Å². The molecule has 0 fully saturated rings. The molecule has 0 atom stereocenters. The maximum atomic E-state index is 8.36. The van der Waals surface area contributed by atoms with Crippen molar-refractivity contribution in [2.75, 3.05) is 19.8 Å². The predicted molar refractivity (Wildman–Crippen MR) is 38.4 cm³/mol. The number of aliphatic hydroxyl groups excluding tert-OH is 1. The Balaban J connectivity index is 2.70. The molecule has 0 heterocycles. The average Bonchev–Trinajstić information content (AvgIpc) is 1.97. The first-order valence-corrected chi connectivity index (χ1v) is 3.38. The van der Waals surface area contributed by atoms with E-state index in [9.17, 15) is 0 Å². The zero-order valence-electron chi connectivity index (χ0n) is 6.08. The van der Waals surface area contributed by atoms with Gasteiger partial charge in [0.1, 0.15) is 6.61 Å². The highest BCUT2D eigenvalue weighted by molar-refractivity contribution is 4.62. The Morgan fingerprint density at radius 1 is 1.30 bits per heavy atom. The molecule has 0 bridgehead atoms. The smallest absolute Gasteiger partial charge is 0.100 e. The fourth-order valence-electron chi connectivity index (χ4n) is 0.428. The molecule has 1 N–H and O–H groups in total. The molecule has 0 aromatic rings. The molecule has 60 valence electrons. The molecule has 0 amide bonds. The highest BCUT2D eigenvalue weighted by Crippen LogP contribution is 1.88. The van der Waals surface area contributed by atoms with E-state index >= 15 is 0 Å². The minimum absolute atomic E-state index is 0.213. The van der Waals surface area contributed by atoms with Crippen molar-refractivity contribution < 1.29 is 14.9 Å². The molecule has 0 unspecified atom stereocenters. The van der Waals surface area contributed by atoms with Gasteiger partial charge >= 0.3 is 0 Å². The van der Waals surface area contributed by atoms with Crippen molar-refractivity contribution in [3.8, 4) is 0 Å². The molecule has 0 aliphatic heterocycles. The standard InChI is InChI=1S/C7H14O3/c1-2-6-9-10-7-4-3-5-8/h2,8H,1,3-7H2. The van der Waals surface area contributed by atoms with Crippen molar-refractivity contribution in [1.82, 2.24) is 0 Å². The van der Waals surface area contributed by atoms with Crippen molar-refractivity contribution in [3.63, 3.8) is 0 Å². The molecule has 3 nitrogen and oxygen atoms in total. The van der Waals surface area contributed by atoms with Gasteiger partial charge in [-0.1, -0.05) is 6.08 Å². The van der Waals surface area contributed by atoms with E-state index in [0.29, 0.717) is 13.2 Å². The third-order valence-electron chi connectivity index (χ3n) is 0.905. The van der Waals surface area contributed by atoms with Gasteiger partial charge in [-0.25, -0.2) is 9.78 Å².